The van der Waals surface area contributed by atoms with E-state index >= 15 is 0 Å². The zero-order valence-electron chi connectivity index (χ0n) is 19.5. The highest BCUT2D eigenvalue weighted by Gasteiger charge is 2.16. The second kappa shape index (κ2) is 8.49. The molecule has 0 saturated heterocycles. The summed E-state index contributed by atoms with van der Waals surface area (Å²) in [5.41, 5.74) is 6.69. The second-order valence-corrected chi connectivity index (χ2v) is 8.76. The van der Waals surface area contributed by atoms with Gasteiger partial charge in [-0.25, -0.2) is 4.98 Å². The van der Waals surface area contributed by atoms with Gasteiger partial charge < -0.3 is 14.8 Å². The fourth-order valence-corrected chi connectivity index (χ4v) is 3.94. The molecule has 0 aliphatic carbocycles. The lowest BCUT2D eigenvalue weighted by atomic mass is 9.93. The van der Waals surface area contributed by atoms with Crippen molar-refractivity contribution >= 4 is 28.3 Å². The number of nitrogens with zero attached hydrogens (tertiary/aromatic N) is 5. The Balaban J connectivity index is 1.74. The fourth-order valence-electron chi connectivity index (χ4n) is 3.94. The molecule has 0 aliphatic rings. The van der Waals surface area contributed by atoms with E-state index in [-0.39, 0.29) is 5.91 Å². The normalized spacial score (nSPS) is 11.3. The minimum atomic E-state index is 0.0535. The van der Waals surface area contributed by atoms with E-state index in [0.717, 1.165) is 39.1 Å². The molecule has 7 nitrogen and oxygen atoms in total. The molecule has 1 N–H and O–H groups in total. The number of rotatable bonds is 6. The Kier molecular flexibility index (Phi) is 5.74. The number of aryl methyl sites for hydroxylation is 2. The van der Waals surface area contributed by atoms with Crippen molar-refractivity contribution < 1.29 is 4.79 Å². The maximum absolute atomic E-state index is 12.2. The van der Waals surface area contributed by atoms with Gasteiger partial charge in [-0.05, 0) is 53.8 Å². The number of pyridine rings is 1. The Bertz CT molecular complexity index is 1280. The minimum Gasteiger partial charge on any atom is -0.347 e. The van der Waals surface area contributed by atoms with Crippen LogP contribution in [-0.2, 0) is 18.4 Å². The molecular formula is C25H30N6O. The SMILES string of the molecule is Cc1cc(-c2cnn(C)c2)cc(C(C)C)c1Nc1nccc2c1ccn2CC(=O)N(C)C. The molecule has 0 atom stereocenters. The summed E-state index contributed by atoms with van der Waals surface area (Å²) in [7, 11) is 5.47. The summed E-state index contributed by atoms with van der Waals surface area (Å²) in [5.74, 6) is 1.17. The first-order chi connectivity index (χ1) is 15.2. The molecule has 0 radical (unpaired) electrons. The van der Waals surface area contributed by atoms with Crippen LogP contribution in [0.5, 0.6) is 0 Å². The Morgan fingerprint density at radius 3 is 2.62 bits per heavy atom. The highest BCUT2D eigenvalue weighted by Crippen LogP contribution is 2.36. The first-order valence-electron chi connectivity index (χ1n) is 10.8. The number of carbonyl (C=O) groups is 1. The van der Waals surface area contributed by atoms with Gasteiger partial charge in [-0.1, -0.05) is 13.8 Å². The monoisotopic (exact) mass is 430 g/mol. The topological polar surface area (TPSA) is 68.0 Å². The third-order valence-corrected chi connectivity index (χ3v) is 5.77. The summed E-state index contributed by atoms with van der Waals surface area (Å²) in [6.07, 6.45) is 7.66. The molecule has 4 rings (SSSR count). The largest absolute Gasteiger partial charge is 0.347 e. The van der Waals surface area contributed by atoms with Gasteiger partial charge in [-0.15, -0.1) is 0 Å². The third kappa shape index (κ3) is 4.10. The summed E-state index contributed by atoms with van der Waals surface area (Å²) in [4.78, 5) is 18.4. The van der Waals surface area contributed by atoms with Gasteiger partial charge in [0.1, 0.15) is 12.4 Å². The van der Waals surface area contributed by atoms with Crippen LogP contribution in [0.15, 0.2) is 49.1 Å². The van der Waals surface area contributed by atoms with E-state index in [2.05, 4.69) is 48.3 Å². The molecule has 7 heteroatoms. The van der Waals surface area contributed by atoms with Crippen LogP contribution in [0.4, 0.5) is 11.5 Å². The molecule has 1 amide bonds. The highest BCUT2D eigenvalue weighted by molar-refractivity contribution is 5.93. The molecule has 0 fully saturated rings. The standard InChI is InChI=1S/C25H30N6O/c1-16(2)21-12-18(19-13-27-30(6)14-19)11-17(3)24(21)28-25-20-8-10-31(15-23(32)29(4)5)22(20)7-9-26-25/h7-14,16H,15H2,1-6H3,(H,26,28). The van der Waals surface area contributed by atoms with Crippen molar-refractivity contribution in [2.45, 2.75) is 33.2 Å². The van der Waals surface area contributed by atoms with E-state index in [9.17, 15) is 4.79 Å². The Morgan fingerprint density at radius 1 is 1.19 bits per heavy atom. The van der Waals surface area contributed by atoms with Gasteiger partial charge in [-0.3, -0.25) is 9.48 Å². The summed E-state index contributed by atoms with van der Waals surface area (Å²) < 4.78 is 3.79. The number of fused-ring (bicyclic) bond motifs is 1. The molecule has 32 heavy (non-hydrogen) atoms. The molecule has 1 aromatic carbocycles. The summed E-state index contributed by atoms with van der Waals surface area (Å²) in [5, 5.41) is 8.90. The van der Waals surface area contributed by atoms with Gasteiger partial charge in [0.2, 0.25) is 5.91 Å². The molecular weight excluding hydrogens is 400 g/mol. The number of carbonyl (C=O) groups excluding carboxylic acids is 1. The highest BCUT2D eigenvalue weighted by atomic mass is 16.2. The van der Waals surface area contributed by atoms with Gasteiger partial charge in [0.25, 0.3) is 0 Å². The van der Waals surface area contributed by atoms with Crippen LogP contribution >= 0.6 is 0 Å². The number of amides is 1. The number of likely N-dealkylation sites (N-methyl/N-ethyl adjacent to an activating group) is 1. The zero-order chi connectivity index (χ0) is 23.0. The van der Waals surface area contributed by atoms with Crippen LogP contribution in [0, 0.1) is 6.92 Å². The van der Waals surface area contributed by atoms with E-state index in [1.54, 1.807) is 25.2 Å². The van der Waals surface area contributed by atoms with Crippen LogP contribution in [0.1, 0.15) is 30.9 Å². The van der Waals surface area contributed by atoms with Gasteiger partial charge >= 0.3 is 0 Å². The van der Waals surface area contributed by atoms with Crippen molar-refractivity contribution in [2.75, 3.05) is 19.4 Å². The lowest BCUT2D eigenvalue weighted by Crippen LogP contribution is -2.25. The van der Waals surface area contributed by atoms with Crippen molar-refractivity contribution in [3.63, 3.8) is 0 Å². The van der Waals surface area contributed by atoms with Crippen molar-refractivity contribution in [1.82, 2.24) is 24.2 Å². The summed E-state index contributed by atoms with van der Waals surface area (Å²) in [6.45, 7) is 6.82. The predicted octanol–water partition coefficient (Wildman–Crippen LogP) is 4.70. The lowest BCUT2D eigenvalue weighted by Gasteiger charge is -2.19. The molecule has 0 spiro atoms. The van der Waals surface area contributed by atoms with E-state index in [1.165, 1.54) is 5.56 Å². The fraction of sp³-hybridized carbons (Fsp3) is 0.320. The van der Waals surface area contributed by atoms with Crippen LogP contribution < -0.4 is 5.32 Å². The first-order valence-corrected chi connectivity index (χ1v) is 10.8. The van der Waals surface area contributed by atoms with E-state index in [4.69, 9.17) is 0 Å². The number of anilines is 2. The minimum absolute atomic E-state index is 0.0535. The maximum atomic E-state index is 12.2. The molecule has 0 unspecified atom stereocenters. The van der Waals surface area contributed by atoms with E-state index in [1.807, 2.05) is 47.0 Å². The smallest absolute Gasteiger partial charge is 0.241 e. The van der Waals surface area contributed by atoms with E-state index < -0.39 is 0 Å². The number of aromatic nitrogens is 4. The van der Waals surface area contributed by atoms with Gasteiger partial charge in [0.15, 0.2) is 0 Å². The third-order valence-electron chi connectivity index (χ3n) is 5.77. The molecule has 3 aromatic heterocycles. The van der Waals surface area contributed by atoms with Crippen molar-refractivity contribution in [3.05, 3.63) is 60.2 Å². The van der Waals surface area contributed by atoms with Crippen molar-refractivity contribution in [3.8, 4) is 11.1 Å². The second-order valence-electron chi connectivity index (χ2n) is 8.76. The molecule has 0 aliphatic heterocycles. The average Bonchev–Trinajstić information content (AvgIpc) is 3.36. The van der Waals surface area contributed by atoms with Gasteiger partial charge in [0.05, 0.1) is 11.7 Å². The van der Waals surface area contributed by atoms with Crippen LogP contribution in [0.2, 0.25) is 0 Å². The zero-order valence-corrected chi connectivity index (χ0v) is 19.5. The first kappa shape index (κ1) is 21.6. The van der Waals surface area contributed by atoms with Gasteiger partial charge in [0, 0.05) is 56.4 Å². The van der Waals surface area contributed by atoms with E-state index in [0.29, 0.717) is 12.5 Å². The van der Waals surface area contributed by atoms with Crippen molar-refractivity contribution in [2.24, 2.45) is 7.05 Å². The Hall–Kier alpha value is -3.61. The molecule has 4 aromatic rings. The lowest BCUT2D eigenvalue weighted by molar-refractivity contribution is -0.129. The van der Waals surface area contributed by atoms with Crippen molar-refractivity contribution in [1.29, 1.82) is 0 Å². The summed E-state index contributed by atoms with van der Waals surface area (Å²) >= 11 is 0. The van der Waals surface area contributed by atoms with Crippen LogP contribution in [0.3, 0.4) is 0 Å². The number of nitrogens with one attached hydrogen (secondary N) is 1. The number of hydrogen-bond acceptors (Lipinski definition) is 4. The number of benzene rings is 1. The summed E-state index contributed by atoms with van der Waals surface area (Å²) in [6, 6.07) is 8.39. The Labute approximate surface area is 188 Å². The average molecular weight is 431 g/mol. The van der Waals surface area contributed by atoms with Gasteiger partial charge in [-0.2, -0.15) is 5.10 Å². The molecule has 0 saturated carbocycles. The quantitative estimate of drug-likeness (QED) is 0.481. The molecule has 3 heterocycles. The van der Waals surface area contributed by atoms with Crippen LogP contribution in [0.25, 0.3) is 22.0 Å². The number of hydrogen-bond donors (Lipinski definition) is 1. The Morgan fingerprint density at radius 2 is 1.97 bits per heavy atom. The predicted molar refractivity (Wildman–Crippen MR) is 129 cm³/mol. The van der Waals surface area contributed by atoms with Crippen LogP contribution in [-0.4, -0.2) is 44.2 Å². The molecule has 166 valence electrons. The maximum Gasteiger partial charge on any atom is 0.241 e. The molecule has 0 bridgehead atoms.